The van der Waals surface area contributed by atoms with E-state index in [1.54, 1.807) is 24.3 Å². The molecule has 0 aliphatic rings. The topological polar surface area (TPSA) is 108 Å². The first-order chi connectivity index (χ1) is 10.9. The summed E-state index contributed by atoms with van der Waals surface area (Å²) >= 11 is 0. The van der Waals surface area contributed by atoms with Gasteiger partial charge in [-0.3, -0.25) is 9.59 Å². The minimum Gasteiger partial charge on any atom is -0.481 e. The Bertz CT molecular complexity index is 541. The van der Waals surface area contributed by atoms with E-state index in [-0.39, 0.29) is 30.8 Å². The summed E-state index contributed by atoms with van der Waals surface area (Å²) in [4.78, 5) is 33.6. The number of carbonyl (C=O) groups is 3. The third kappa shape index (κ3) is 8.45. The lowest BCUT2D eigenvalue weighted by Crippen LogP contribution is -2.34. The zero-order chi connectivity index (χ0) is 17.2. The monoisotopic (exact) mass is 321 g/mol. The van der Waals surface area contributed by atoms with Crippen LogP contribution in [0.3, 0.4) is 0 Å². The van der Waals surface area contributed by atoms with Crippen molar-refractivity contribution in [1.29, 1.82) is 0 Å². The summed E-state index contributed by atoms with van der Waals surface area (Å²) in [6, 6.07) is 6.55. The molecule has 0 heterocycles. The predicted octanol–water partition coefficient (Wildman–Crippen LogP) is 2.80. The second kappa shape index (κ2) is 9.45. The molecule has 0 fully saturated rings. The van der Waals surface area contributed by atoms with Crippen molar-refractivity contribution in [2.24, 2.45) is 0 Å². The number of urea groups is 1. The first kappa shape index (κ1) is 18.5. The molecule has 7 heteroatoms. The van der Waals surface area contributed by atoms with E-state index in [9.17, 15) is 14.4 Å². The normalized spacial score (nSPS) is 10.2. The van der Waals surface area contributed by atoms with Crippen LogP contribution in [0, 0.1) is 0 Å². The van der Waals surface area contributed by atoms with Crippen LogP contribution in [0.25, 0.3) is 0 Å². The molecular formula is C16H23N3O4. The summed E-state index contributed by atoms with van der Waals surface area (Å²) in [5, 5.41) is 16.6. The Morgan fingerprint density at radius 1 is 0.957 bits per heavy atom. The van der Waals surface area contributed by atoms with Crippen LogP contribution >= 0.6 is 0 Å². The number of aliphatic carboxylic acids is 1. The second-order valence-corrected chi connectivity index (χ2v) is 5.48. The molecule has 1 rings (SSSR count). The van der Waals surface area contributed by atoms with E-state index in [0.717, 1.165) is 0 Å². The van der Waals surface area contributed by atoms with Crippen molar-refractivity contribution in [3.8, 4) is 0 Å². The van der Waals surface area contributed by atoms with Crippen LogP contribution in [0.4, 0.5) is 16.2 Å². The molecule has 0 aliphatic carbocycles. The van der Waals surface area contributed by atoms with Crippen molar-refractivity contribution in [3.63, 3.8) is 0 Å². The Morgan fingerprint density at radius 2 is 1.48 bits per heavy atom. The Labute approximate surface area is 135 Å². The van der Waals surface area contributed by atoms with Gasteiger partial charge in [-0.1, -0.05) is 0 Å². The van der Waals surface area contributed by atoms with Crippen LogP contribution in [-0.2, 0) is 9.59 Å². The maximum Gasteiger partial charge on any atom is 0.319 e. The molecule has 23 heavy (non-hydrogen) atoms. The Kier molecular flexibility index (Phi) is 7.59. The van der Waals surface area contributed by atoms with Crippen LogP contribution < -0.4 is 16.0 Å². The molecule has 1 aromatic rings. The molecule has 3 amide bonds. The molecule has 7 nitrogen and oxygen atoms in total. The van der Waals surface area contributed by atoms with Crippen LogP contribution in [0.2, 0.25) is 0 Å². The zero-order valence-corrected chi connectivity index (χ0v) is 13.4. The highest BCUT2D eigenvalue weighted by atomic mass is 16.4. The number of hydrogen-bond acceptors (Lipinski definition) is 3. The average molecular weight is 321 g/mol. The molecule has 0 aliphatic heterocycles. The Balaban J connectivity index is 2.37. The third-order valence-corrected chi connectivity index (χ3v) is 2.89. The Morgan fingerprint density at radius 3 is 2.00 bits per heavy atom. The predicted molar refractivity (Wildman–Crippen MR) is 88.5 cm³/mol. The minimum absolute atomic E-state index is 0.0506. The van der Waals surface area contributed by atoms with E-state index < -0.39 is 5.97 Å². The summed E-state index contributed by atoms with van der Waals surface area (Å²) < 4.78 is 0. The van der Waals surface area contributed by atoms with Crippen molar-refractivity contribution >= 4 is 29.3 Å². The van der Waals surface area contributed by atoms with Gasteiger partial charge in [-0.25, -0.2) is 4.79 Å². The van der Waals surface area contributed by atoms with Gasteiger partial charge in [0.2, 0.25) is 5.91 Å². The number of carbonyl (C=O) groups excluding carboxylic acids is 2. The van der Waals surface area contributed by atoms with Gasteiger partial charge in [0.05, 0.1) is 0 Å². The number of unbranched alkanes of at least 4 members (excludes halogenated alkanes) is 1. The van der Waals surface area contributed by atoms with Crippen molar-refractivity contribution < 1.29 is 19.5 Å². The zero-order valence-electron chi connectivity index (χ0n) is 13.4. The van der Waals surface area contributed by atoms with Gasteiger partial charge in [0.25, 0.3) is 0 Å². The average Bonchev–Trinajstić information content (AvgIpc) is 2.44. The van der Waals surface area contributed by atoms with E-state index >= 15 is 0 Å². The van der Waals surface area contributed by atoms with Crippen molar-refractivity contribution in [2.75, 3.05) is 10.6 Å². The molecular weight excluding hydrogens is 298 g/mol. The lowest BCUT2D eigenvalue weighted by atomic mass is 10.2. The fourth-order valence-corrected chi connectivity index (χ4v) is 1.85. The number of anilines is 2. The number of benzene rings is 1. The lowest BCUT2D eigenvalue weighted by molar-refractivity contribution is -0.137. The standard InChI is InChI=1S/C16H23N3O4/c1-11(2)17-16(23)19-13-9-7-12(8-10-13)18-14(20)5-3-4-6-15(21)22/h7-11H,3-6H2,1-2H3,(H,18,20)(H,21,22)(H2,17,19,23). The van der Waals surface area contributed by atoms with Crippen LogP contribution in [0.5, 0.6) is 0 Å². The molecule has 0 aromatic heterocycles. The molecule has 0 bridgehead atoms. The fraction of sp³-hybridized carbons (Fsp3) is 0.438. The number of amides is 3. The molecule has 0 unspecified atom stereocenters. The molecule has 0 atom stereocenters. The maximum absolute atomic E-state index is 11.7. The summed E-state index contributed by atoms with van der Waals surface area (Å²) in [7, 11) is 0. The lowest BCUT2D eigenvalue weighted by Gasteiger charge is -2.11. The molecule has 126 valence electrons. The molecule has 0 saturated heterocycles. The van der Waals surface area contributed by atoms with E-state index in [4.69, 9.17) is 5.11 Å². The highest BCUT2D eigenvalue weighted by Crippen LogP contribution is 2.14. The van der Waals surface area contributed by atoms with Crippen molar-refractivity contribution in [1.82, 2.24) is 5.32 Å². The SMILES string of the molecule is CC(C)NC(=O)Nc1ccc(NC(=O)CCCCC(=O)O)cc1. The van der Waals surface area contributed by atoms with Gasteiger partial charge in [0, 0.05) is 30.3 Å². The van der Waals surface area contributed by atoms with E-state index in [0.29, 0.717) is 24.2 Å². The number of hydrogen-bond donors (Lipinski definition) is 4. The highest BCUT2D eigenvalue weighted by Gasteiger charge is 2.05. The van der Waals surface area contributed by atoms with Crippen molar-refractivity contribution in [3.05, 3.63) is 24.3 Å². The van der Waals surface area contributed by atoms with E-state index in [2.05, 4.69) is 16.0 Å². The van der Waals surface area contributed by atoms with Gasteiger partial charge in [0.15, 0.2) is 0 Å². The Hall–Kier alpha value is -2.57. The quantitative estimate of drug-likeness (QED) is 0.552. The maximum atomic E-state index is 11.7. The van der Waals surface area contributed by atoms with Crippen LogP contribution in [-0.4, -0.2) is 29.1 Å². The van der Waals surface area contributed by atoms with Gasteiger partial charge in [-0.15, -0.1) is 0 Å². The second-order valence-electron chi connectivity index (χ2n) is 5.48. The molecule has 0 saturated carbocycles. The summed E-state index contributed by atoms with van der Waals surface area (Å²) in [6.45, 7) is 3.74. The van der Waals surface area contributed by atoms with Crippen LogP contribution in [0.1, 0.15) is 39.5 Å². The fourth-order valence-electron chi connectivity index (χ4n) is 1.85. The summed E-state index contributed by atoms with van der Waals surface area (Å²) in [5.41, 5.74) is 1.26. The van der Waals surface area contributed by atoms with Gasteiger partial charge in [-0.05, 0) is 51.0 Å². The van der Waals surface area contributed by atoms with Gasteiger partial charge < -0.3 is 21.1 Å². The summed E-state index contributed by atoms with van der Waals surface area (Å²) in [6.07, 6.45) is 1.37. The van der Waals surface area contributed by atoms with Gasteiger partial charge in [0.1, 0.15) is 0 Å². The number of nitrogens with one attached hydrogen (secondary N) is 3. The van der Waals surface area contributed by atoms with Gasteiger partial charge in [-0.2, -0.15) is 0 Å². The molecule has 0 radical (unpaired) electrons. The van der Waals surface area contributed by atoms with E-state index in [1.807, 2.05) is 13.8 Å². The molecule has 0 spiro atoms. The van der Waals surface area contributed by atoms with Gasteiger partial charge >= 0.3 is 12.0 Å². The molecule has 1 aromatic carbocycles. The van der Waals surface area contributed by atoms with E-state index in [1.165, 1.54) is 0 Å². The highest BCUT2D eigenvalue weighted by molar-refractivity contribution is 5.92. The number of carboxylic acid groups (broad SMARTS) is 1. The third-order valence-electron chi connectivity index (χ3n) is 2.89. The number of carboxylic acids is 1. The largest absolute Gasteiger partial charge is 0.481 e. The molecule has 4 N–H and O–H groups in total. The summed E-state index contributed by atoms with van der Waals surface area (Å²) in [5.74, 6) is -1.01. The first-order valence-electron chi connectivity index (χ1n) is 7.56. The van der Waals surface area contributed by atoms with Crippen molar-refractivity contribution in [2.45, 2.75) is 45.6 Å². The minimum atomic E-state index is -0.852. The van der Waals surface area contributed by atoms with Crippen LogP contribution in [0.15, 0.2) is 24.3 Å². The first-order valence-corrected chi connectivity index (χ1v) is 7.56. The number of rotatable bonds is 8. The smallest absolute Gasteiger partial charge is 0.319 e.